The normalized spacial score (nSPS) is 11.9. The molecule has 1 atom stereocenters. The monoisotopic (exact) mass is 383 g/mol. The van der Waals surface area contributed by atoms with Crippen LogP contribution >= 0.6 is 0 Å². The highest BCUT2D eigenvalue weighted by Crippen LogP contribution is 2.13. The van der Waals surface area contributed by atoms with Gasteiger partial charge in [-0.3, -0.25) is 9.59 Å². The molecule has 28 heavy (non-hydrogen) atoms. The number of aromatic nitrogens is 1. The Bertz CT molecular complexity index is 754. The quantitative estimate of drug-likeness (QED) is 0.620. The third kappa shape index (κ3) is 5.72. The van der Waals surface area contributed by atoms with Crippen molar-refractivity contribution in [1.82, 2.24) is 14.4 Å². The molecule has 2 aromatic rings. The average Bonchev–Trinajstić information content (AvgIpc) is 3.13. The topological polar surface area (TPSA) is 45.6 Å². The van der Waals surface area contributed by atoms with Crippen molar-refractivity contribution < 1.29 is 9.59 Å². The van der Waals surface area contributed by atoms with Gasteiger partial charge in [0.25, 0.3) is 5.91 Å². The molecule has 2 amide bonds. The molecule has 0 spiro atoms. The first-order valence-electron chi connectivity index (χ1n) is 10.2. The van der Waals surface area contributed by atoms with Gasteiger partial charge in [0.2, 0.25) is 5.91 Å². The van der Waals surface area contributed by atoms with Crippen LogP contribution in [-0.4, -0.2) is 45.3 Å². The van der Waals surface area contributed by atoms with E-state index in [1.807, 2.05) is 66.9 Å². The molecule has 5 nitrogen and oxygen atoms in total. The van der Waals surface area contributed by atoms with Gasteiger partial charge in [0.05, 0.1) is 6.54 Å². The van der Waals surface area contributed by atoms with Gasteiger partial charge in [-0.25, -0.2) is 0 Å². The minimum Gasteiger partial charge on any atom is -0.353 e. The zero-order valence-corrected chi connectivity index (χ0v) is 17.6. The largest absolute Gasteiger partial charge is 0.353 e. The standard InChI is InChI=1S/C23H33N3O2/c1-5-7-16-25(17-21-14-11-15-24(21)4)22(27)18-26(19(3)6-2)23(28)20-12-9-8-10-13-20/h8-15,19H,5-7,16-18H2,1-4H3/t19-/m0/s1. The van der Waals surface area contributed by atoms with E-state index in [1.54, 1.807) is 17.0 Å². The fourth-order valence-corrected chi connectivity index (χ4v) is 3.14. The zero-order chi connectivity index (χ0) is 20.5. The minimum atomic E-state index is -0.0855. The number of rotatable bonds is 10. The molecule has 0 bridgehead atoms. The van der Waals surface area contributed by atoms with Crippen LogP contribution in [0, 0.1) is 0 Å². The molecule has 1 heterocycles. The van der Waals surface area contributed by atoms with Crippen LogP contribution in [-0.2, 0) is 18.4 Å². The van der Waals surface area contributed by atoms with Crippen molar-refractivity contribution in [3.63, 3.8) is 0 Å². The molecule has 0 N–H and O–H groups in total. The van der Waals surface area contributed by atoms with Gasteiger partial charge in [-0.05, 0) is 44.0 Å². The molecule has 0 radical (unpaired) electrons. The van der Waals surface area contributed by atoms with Gasteiger partial charge in [-0.15, -0.1) is 0 Å². The Morgan fingerprint density at radius 1 is 1.07 bits per heavy atom. The van der Waals surface area contributed by atoms with E-state index < -0.39 is 0 Å². The van der Waals surface area contributed by atoms with E-state index in [2.05, 4.69) is 6.92 Å². The van der Waals surface area contributed by atoms with E-state index in [0.717, 1.165) is 25.0 Å². The predicted molar refractivity (Wildman–Crippen MR) is 113 cm³/mol. The summed E-state index contributed by atoms with van der Waals surface area (Å²) in [5, 5.41) is 0. The fourth-order valence-electron chi connectivity index (χ4n) is 3.14. The van der Waals surface area contributed by atoms with Crippen LogP contribution in [0.1, 0.15) is 56.1 Å². The lowest BCUT2D eigenvalue weighted by Gasteiger charge is -2.31. The smallest absolute Gasteiger partial charge is 0.254 e. The molecular weight excluding hydrogens is 350 g/mol. The molecule has 1 aromatic carbocycles. The third-order valence-electron chi connectivity index (χ3n) is 5.25. The molecule has 0 aliphatic heterocycles. The number of nitrogens with zero attached hydrogens (tertiary/aromatic N) is 3. The SMILES string of the molecule is CCCCN(Cc1cccn1C)C(=O)CN(C(=O)c1ccccc1)[C@@H](C)CC. The number of carbonyl (C=O) groups is 2. The van der Waals surface area contributed by atoms with E-state index in [4.69, 9.17) is 0 Å². The first-order chi connectivity index (χ1) is 13.5. The number of hydrogen-bond acceptors (Lipinski definition) is 2. The van der Waals surface area contributed by atoms with Crippen LogP contribution in [0.5, 0.6) is 0 Å². The number of carbonyl (C=O) groups excluding carboxylic acids is 2. The highest BCUT2D eigenvalue weighted by Gasteiger charge is 2.25. The van der Waals surface area contributed by atoms with E-state index in [0.29, 0.717) is 18.7 Å². The molecule has 0 aliphatic carbocycles. The number of hydrogen-bond donors (Lipinski definition) is 0. The lowest BCUT2D eigenvalue weighted by atomic mass is 10.1. The lowest BCUT2D eigenvalue weighted by Crippen LogP contribution is -2.46. The molecule has 0 aliphatic rings. The first kappa shape index (κ1) is 21.7. The Labute approximate surface area is 168 Å². The van der Waals surface area contributed by atoms with Crippen molar-refractivity contribution in [1.29, 1.82) is 0 Å². The predicted octanol–water partition coefficient (Wildman–Crippen LogP) is 4.09. The highest BCUT2D eigenvalue weighted by molar-refractivity contribution is 5.96. The fraction of sp³-hybridized carbons (Fsp3) is 0.478. The van der Waals surface area contributed by atoms with E-state index in [9.17, 15) is 9.59 Å². The summed E-state index contributed by atoms with van der Waals surface area (Å²) >= 11 is 0. The molecule has 0 saturated heterocycles. The number of aryl methyl sites for hydroxylation is 1. The summed E-state index contributed by atoms with van der Waals surface area (Å²) in [5.41, 5.74) is 1.71. The summed E-state index contributed by atoms with van der Waals surface area (Å²) in [6.07, 6.45) is 4.77. The molecule has 152 valence electrons. The summed E-state index contributed by atoms with van der Waals surface area (Å²) in [4.78, 5) is 29.8. The van der Waals surface area contributed by atoms with Crippen LogP contribution < -0.4 is 0 Å². The molecule has 2 rings (SSSR count). The summed E-state index contributed by atoms with van der Waals surface area (Å²) in [5.74, 6) is -0.0863. The zero-order valence-electron chi connectivity index (χ0n) is 17.6. The second-order valence-corrected chi connectivity index (χ2v) is 7.34. The lowest BCUT2D eigenvalue weighted by molar-refractivity contribution is -0.133. The minimum absolute atomic E-state index is 0.000261. The molecule has 0 fully saturated rings. The van der Waals surface area contributed by atoms with Crippen LogP contribution in [0.4, 0.5) is 0 Å². The van der Waals surface area contributed by atoms with E-state index in [1.165, 1.54) is 0 Å². The molecule has 0 saturated carbocycles. The van der Waals surface area contributed by atoms with Crippen LogP contribution in [0.3, 0.4) is 0 Å². The van der Waals surface area contributed by atoms with Gasteiger partial charge in [-0.2, -0.15) is 0 Å². The molecule has 1 aromatic heterocycles. The van der Waals surface area contributed by atoms with Gasteiger partial charge in [0.1, 0.15) is 6.54 Å². The summed E-state index contributed by atoms with van der Waals surface area (Å²) in [7, 11) is 1.99. The summed E-state index contributed by atoms with van der Waals surface area (Å²) < 4.78 is 2.04. The van der Waals surface area contributed by atoms with Crippen molar-refractivity contribution in [3.05, 3.63) is 59.9 Å². The maximum atomic E-state index is 13.2. The average molecular weight is 384 g/mol. The first-order valence-corrected chi connectivity index (χ1v) is 10.2. The Kier molecular flexibility index (Phi) is 8.30. The Hall–Kier alpha value is -2.56. The van der Waals surface area contributed by atoms with Crippen molar-refractivity contribution in [2.45, 2.75) is 52.6 Å². The van der Waals surface area contributed by atoms with Crippen LogP contribution in [0.15, 0.2) is 48.7 Å². The van der Waals surface area contributed by atoms with Crippen LogP contribution in [0.25, 0.3) is 0 Å². The van der Waals surface area contributed by atoms with Crippen LogP contribution in [0.2, 0.25) is 0 Å². The highest BCUT2D eigenvalue weighted by atomic mass is 16.2. The summed E-state index contributed by atoms with van der Waals surface area (Å²) in [6, 6.07) is 13.2. The Morgan fingerprint density at radius 3 is 2.36 bits per heavy atom. The maximum Gasteiger partial charge on any atom is 0.254 e. The Balaban J connectivity index is 2.18. The van der Waals surface area contributed by atoms with Gasteiger partial charge in [-0.1, -0.05) is 38.5 Å². The number of amides is 2. The third-order valence-corrected chi connectivity index (χ3v) is 5.25. The second-order valence-electron chi connectivity index (χ2n) is 7.34. The van der Waals surface area contributed by atoms with E-state index in [-0.39, 0.29) is 24.4 Å². The molecule has 0 unspecified atom stereocenters. The van der Waals surface area contributed by atoms with Gasteiger partial charge >= 0.3 is 0 Å². The van der Waals surface area contributed by atoms with Gasteiger partial charge < -0.3 is 14.4 Å². The van der Waals surface area contributed by atoms with E-state index >= 15 is 0 Å². The van der Waals surface area contributed by atoms with Gasteiger partial charge in [0.15, 0.2) is 0 Å². The number of benzene rings is 1. The summed E-state index contributed by atoms with van der Waals surface area (Å²) in [6.45, 7) is 7.54. The number of unbranched alkanes of at least 4 members (excludes halogenated alkanes) is 1. The molecular formula is C23H33N3O2. The second kappa shape index (κ2) is 10.7. The van der Waals surface area contributed by atoms with Crippen molar-refractivity contribution in [3.8, 4) is 0 Å². The Morgan fingerprint density at radius 2 is 1.79 bits per heavy atom. The van der Waals surface area contributed by atoms with Crippen molar-refractivity contribution in [2.24, 2.45) is 7.05 Å². The molecule has 5 heteroatoms. The maximum absolute atomic E-state index is 13.2. The van der Waals surface area contributed by atoms with Crippen molar-refractivity contribution >= 4 is 11.8 Å². The van der Waals surface area contributed by atoms with Gasteiger partial charge in [0, 0.05) is 37.1 Å². The van der Waals surface area contributed by atoms with Crippen molar-refractivity contribution in [2.75, 3.05) is 13.1 Å².